The summed E-state index contributed by atoms with van der Waals surface area (Å²) in [6.07, 6.45) is 1.43. The van der Waals surface area contributed by atoms with Gasteiger partial charge in [-0.15, -0.1) is 0 Å². The molecule has 3 N–H and O–H groups in total. The summed E-state index contributed by atoms with van der Waals surface area (Å²) in [4.78, 5) is 11.7. The number of hydrogen-bond acceptors (Lipinski definition) is 2. The Morgan fingerprint density at radius 3 is 2.89 bits per heavy atom. The number of urea groups is 1. The fourth-order valence-corrected chi connectivity index (χ4v) is 1.77. The maximum absolute atomic E-state index is 11.7. The Bertz CT molecular complexity index is 410. The molecule has 0 saturated heterocycles. The van der Waals surface area contributed by atoms with Crippen molar-refractivity contribution in [2.24, 2.45) is 0 Å². The number of hydrogen-bond donors (Lipinski definition) is 3. The van der Waals surface area contributed by atoms with Gasteiger partial charge in [0.15, 0.2) is 0 Å². The fraction of sp³-hybridized carbons (Fsp3) is 0.462. The van der Waals surface area contributed by atoms with Crippen LogP contribution in [0.5, 0.6) is 0 Å². The molecular weight excluding hydrogens is 252 g/mol. The maximum Gasteiger partial charge on any atom is 0.319 e. The van der Waals surface area contributed by atoms with E-state index in [1.54, 1.807) is 18.2 Å². The van der Waals surface area contributed by atoms with Crippen molar-refractivity contribution in [1.29, 1.82) is 0 Å². The molecule has 1 aromatic rings. The number of benzene rings is 1. The molecule has 100 valence electrons. The second-order valence-electron chi connectivity index (χ2n) is 4.28. The van der Waals surface area contributed by atoms with E-state index >= 15 is 0 Å². The third-order valence-corrected chi connectivity index (χ3v) is 3.10. The molecule has 1 atom stereocenters. The van der Waals surface area contributed by atoms with E-state index in [0.717, 1.165) is 12.0 Å². The Morgan fingerprint density at radius 2 is 2.22 bits per heavy atom. The molecule has 0 aliphatic rings. The van der Waals surface area contributed by atoms with E-state index in [1.165, 1.54) is 0 Å². The maximum atomic E-state index is 11.7. The summed E-state index contributed by atoms with van der Waals surface area (Å²) in [7, 11) is 0. The lowest BCUT2D eigenvalue weighted by atomic mass is 10.2. The lowest BCUT2D eigenvalue weighted by Gasteiger charge is -2.15. The third-order valence-electron chi connectivity index (χ3n) is 2.69. The lowest BCUT2D eigenvalue weighted by Crippen LogP contribution is -2.36. The number of aliphatic hydroxyl groups excluding tert-OH is 1. The van der Waals surface area contributed by atoms with Crippen LogP contribution in [0.2, 0.25) is 5.02 Å². The fourth-order valence-electron chi connectivity index (χ4n) is 1.59. The van der Waals surface area contributed by atoms with Gasteiger partial charge >= 0.3 is 6.03 Å². The Kier molecular flexibility index (Phi) is 5.95. The molecule has 0 saturated carbocycles. The quantitative estimate of drug-likeness (QED) is 0.770. The molecule has 0 fully saturated rings. The molecule has 2 amide bonds. The smallest absolute Gasteiger partial charge is 0.319 e. The minimum Gasteiger partial charge on any atom is -0.396 e. The zero-order valence-electron chi connectivity index (χ0n) is 10.7. The van der Waals surface area contributed by atoms with Crippen LogP contribution in [0.1, 0.15) is 25.3 Å². The number of carbonyl (C=O) groups excluding carboxylic acids is 1. The summed E-state index contributed by atoms with van der Waals surface area (Å²) in [6, 6.07) is 5.14. The normalized spacial score (nSPS) is 12.0. The Balaban J connectivity index is 2.52. The predicted molar refractivity (Wildman–Crippen MR) is 74.1 cm³/mol. The van der Waals surface area contributed by atoms with Crippen LogP contribution in [0, 0.1) is 6.92 Å². The summed E-state index contributed by atoms with van der Waals surface area (Å²) in [6.45, 7) is 3.90. The number of aliphatic hydroxyl groups is 1. The van der Waals surface area contributed by atoms with Crippen LogP contribution in [-0.4, -0.2) is 23.8 Å². The van der Waals surface area contributed by atoms with Crippen LogP contribution < -0.4 is 10.6 Å². The second-order valence-corrected chi connectivity index (χ2v) is 4.68. The van der Waals surface area contributed by atoms with Gasteiger partial charge in [0, 0.05) is 23.4 Å². The van der Waals surface area contributed by atoms with E-state index in [1.807, 2.05) is 13.8 Å². The van der Waals surface area contributed by atoms with Crippen LogP contribution in [0.3, 0.4) is 0 Å². The predicted octanol–water partition coefficient (Wildman–Crippen LogP) is 2.93. The first-order valence-corrected chi connectivity index (χ1v) is 6.36. The minimum atomic E-state index is -0.259. The molecule has 0 heterocycles. The van der Waals surface area contributed by atoms with Crippen molar-refractivity contribution in [1.82, 2.24) is 5.32 Å². The van der Waals surface area contributed by atoms with Crippen LogP contribution in [-0.2, 0) is 0 Å². The SMILES string of the molecule is Cc1c(Cl)cccc1NC(=O)NC(C)CCCO. The van der Waals surface area contributed by atoms with Crippen LogP contribution >= 0.6 is 11.6 Å². The van der Waals surface area contributed by atoms with Gasteiger partial charge in [-0.1, -0.05) is 17.7 Å². The van der Waals surface area contributed by atoms with E-state index in [2.05, 4.69) is 10.6 Å². The van der Waals surface area contributed by atoms with Gasteiger partial charge < -0.3 is 15.7 Å². The summed E-state index contributed by atoms with van der Waals surface area (Å²) in [5, 5.41) is 14.9. The molecule has 5 heteroatoms. The molecule has 0 aromatic heterocycles. The number of anilines is 1. The standard InChI is InChI=1S/C13H19ClN2O2/c1-9(5-4-8-17)15-13(18)16-12-7-3-6-11(14)10(12)2/h3,6-7,9,17H,4-5,8H2,1-2H3,(H2,15,16,18). The molecule has 1 rings (SSSR count). The highest BCUT2D eigenvalue weighted by molar-refractivity contribution is 6.31. The highest BCUT2D eigenvalue weighted by Gasteiger charge is 2.09. The lowest BCUT2D eigenvalue weighted by molar-refractivity contribution is 0.245. The van der Waals surface area contributed by atoms with Gasteiger partial charge in [-0.05, 0) is 44.4 Å². The number of carbonyl (C=O) groups is 1. The van der Waals surface area contributed by atoms with Gasteiger partial charge in [-0.25, -0.2) is 4.79 Å². The molecule has 1 unspecified atom stereocenters. The average molecular weight is 271 g/mol. The summed E-state index contributed by atoms with van der Waals surface area (Å²) in [5.41, 5.74) is 1.55. The first-order valence-electron chi connectivity index (χ1n) is 5.98. The number of halogens is 1. The van der Waals surface area contributed by atoms with Gasteiger partial charge in [0.05, 0.1) is 0 Å². The highest BCUT2D eigenvalue weighted by Crippen LogP contribution is 2.22. The van der Waals surface area contributed by atoms with E-state index in [0.29, 0.717) is 17.1 Å². The van der Waals surface area contributed by atoms with E-state index in [9.17, 15) is 4.79 Å². The van der Waals surface area contributed by atoms with Gasteiger partial charge in [-0.3, -0.25) is 0 Å². The van der Waals surface area contributed by atoms with Gasteiger partial charge in [-0.2, -0.15) is 0 Å². The zero-order valence-corrected chi connectivity index (χ0v) is 11.4. The molecule has 0 radical (unpaired) electrons. The molecule has 0 bridgehead atoms. The molecular formula is C13H19ClN2O2. The zero-order chi connectivity index (χ0) is 13.5. The van der Waals surface area contributed by atoms with Crippen molar-refractivity contribution in [3.8, 4) is 0 Å². The van der Waals surface area contributed by atoms with E-state index in [4.69, 9.17) is 16.7 Å². The number of amides is 2. The summed E-state index contributed by atoms with van der Waals surface area (Å²) < 4.78 is 0. The largest absolute Gasteiger partial charge is 0.396 e. The minimum absolute atomic E-state index is 0.0247. The van der Waals surface area contributed by atoms with Crippen LogP contribution in [0.25, 0.3) is 0 Å². The van der Waals surface area contributed by atoms with E-state index < -0.39 is 0 Å². The Morgan fingerprint density at radius 1 is 1.50 bits per heavy atom. The van der Waals surface area contributed by atoms with E-state index in [-0.39, 0.29) is 18.7 Å². The highest BCUT2D eigenvalue weighted by atomic mass is 35.5. The van der Waals surface area contributed by atoms with Crippen molar-refractivity contribution in [3.63, 3.8) is 0 Å². The first-order chi connectivity index (χ1) is 8.54. The molecule has 0 spiro atoms. The van der Waals surface area contributed by atoms with Crippen molar-refractivity contribution in [3.05, 3.63) is 28.8 Å². The topological polar surface area (TPSA) is 61.4 Å². The van der Waals surface area contributed by atoms with Gasteiger partial charge in [0.25, 0.3) is 0 Å². The summed E-state index contributed by atoms with van der Waals surface area (Å²) >= 11 is 5.97. The summed E-state index contributed by atoms with van der Waals surface area (Å²) in [5.74, 6) is 0. The Hall–Kier alpha value is -1.26. The van der Waals surface area contributed by atoms with Crippen molar-refractivity contribution < 1.29 is 9.90 Å². The van der Waals surface area contributed by atoms with Crippen molar-refractivity contribution >= 4 is 23.3 Å². The molecule has 4 nitrogen and oxygen atoms in total. The van der Waals surface area contributed by atoms with Crippen molar-refractivity contribution in [2.45, 2.75) is 32.7 Å². The van der Waals surface area contributed by atoms with Crippen LogP contribution in [0.15, 0.2) is 18.2 Å². The number of nitrogens with one attached hydrogen (secondary N) is 2. The molecule has 0 aliphatic heterocycles. The average Bonchev–Trinajstić information content (AvgIpc) is 2.32. The van der Waals surface area contributed by atoms with Gasteiger partial charge in [0.2, 0.25) is 0 Å². The van der Waals surface area contributed by atoms with Crippen LogP contribution in [0.4, 0.5) is 10.5 Å². The second kappa shape index (κ2) is 7.24. The monoisotopic (exact) mass is 270 g/mol. The van der Waals surface area contributed by atoms with Gasteiger partial charge in [0.1, 0.15) is 0 Å². The number of rotatable bonds is 5. The molecule has 18 heavy (non-hydrogen) atoms. The third kappa shape index (κ3) is 4.55. The molecule has 1 aromatic carbocycles. The first kappa shape index (κ1) is 14.8. The van der Waals surface area contributed by atoms with Crippen molar-refractivity contribution in [2.75, 3.05) is 11.9 Å². The molecule has 0 aliphatic carbocycles. The Labute approximate surface area is 112 Å².